The molecule has 2 N–H and O–H groups in total. The highest BCUT2D eigenvalue weighted by Gasteiger charge is 2.28. The van der Waals surface area contributed by atoms with Crippen LogP contribution in [-0.2, 0) is 0 Å². The molecule has 1 heterocycles. The van der Waals surface area contributed by atoms with Crippen molar-refractivity contribution in [1.29, 1.82) is 0 Å². The Bertz CT molecular complexity index is 419. The molecule has 2 unspecified atom stereocenters. The minimum absolute atomic E-state index is 0.604. The van der Waals surface area contributed by atoms with E-state index in [9.17, 15) is 0 Å². The maximum atomic E-state index is 5.87. The summed E-state index contributed by atoms with van der Waals surface area (Å²) in [6, 6.07) is 6.41. The number of nitrogens with two attached hydrogens (primary N) is 1. The first-order chi connectivity index (χ1) is 8.88. The van der Waals surface area contributed by atoms with Crippen molar-refractivity contribution in [1.82, 2.24) is 0 Å². The Labute approximate surface area is 108 Å². The third-order valence-electron chi connectivity index (χ3n) is 4.16. The smallest absolute Gasteiger partial charge is 0.161 e. The second-order valence-electron chi connectivity index (χ2n) is 5.29. The van der Waals surface area contributed by atoms with Crippen LogP contribution in [0.5, 0.6) is 11.5 Å². The summed E-state index contributed by atoms with van der Waals surface area (Å²) < 4.78 is 11.4. The molecule has 0 spiro atoms. The molecule has 0 bridgehead atoms. The van der Waals surface area contributed by atoms with E-state index >= 15 is 0 Å². The van der Waals surface area contributed by atoms with Crippen LogP contribution >= 0.6 is 0 Å². The van der Waals surface area contributed by atoms with Gasteiger partial charge >= 0.3 is 0 Å². The minimum Gasteiger partial charge on any atom is -0.490 e. The van der Waals surface area contributed by atoms with Crippen molar-refractivity contribution < 1.29 is 9.47 Å². The first kappa shape index (κ1) is 11.8. The molecule has 3 nitrogen and oxygen atoms in total. The molecule has 1 aliphatic carbocycles. The van der Waals surface area contributed by atoms with Gasteiger partial charge in [0.2, 0.25) is 0 Å². The number of rotatable bonds is 2. The van der Waals surface area contributed by atoms with Gasteiger partial charge in [-0.15, -0.1) is 0 Å². The quantitative estimate of drug-likeness (QED) is 0.874. The zero-order chi connectivity index (χ0) is 12.4. The maximum Gasteiger partial charge on any atom is 0.161 e. The Balaban J connectivity index is 1.87. The van der Waals surface area contributed by atoms with Crippen molar-refractivity contribution >= 4 is 0 Å². The number of fused-ring (bicyclic) bond motifs is 1. The Morgan fingerprint density at radius 1 is 1.06 bits per heavy atom. The van der Waals surface area contributed by atoms with Crippen molar-refractivity contribution in [2.75, 3.05) is 19.8 Å². The Morgan fingerprint density at radius 3 is 2.72 bits per heavy atom. The molecule has 18 heavy (non-hydrogen) atoms. The van der Waals surface area contributed by atoms with E-state index in [1.807, 2.05) is 0 Å². The van der Waals surface area contributed by atoms with Crippen molar-refractivity contribution in [2.45, 2.75) is 31.6 Å². The van der Waals surface area contributed by atoms with Crippen LogP contribution in [0.3, 0.4) is 0 Å². The van der Waals surface area contributed by atoms with Gasteiger partial charge in [-0.3, -0.25) is 0 Å². The van der Waals surface area contributed by atoms with Crippen LogP contribution in [0.4, 0.5) is 0 Å². The first-order valence-electron chi connectivity index (χ1n) is 6.98. The predicted octanol–water partition coefficient (Wildman–Crippen LogP) is 2.69. The molecule has 1 saturated carbocycles. The fourth-order valence-corrected chi connectivity index (χ4v) is 3.17. The second kappa shape index (κ2) is 5.19. The van der Waals surface area contributed by atoms with Crippen molar-refractivity contribution in [3.8, 4) is 11.5 Å². The zero-order valence-electron chi connectivity index (χ0n) is 10.7. The lowest BCUT2D eigenvalue weighted by Crippen LogP contribution is -2.17. The van der Waals surface area contributed by atoms with Crippen LogP contribution in [0.15, 0.2) is 18.2 Å². The third kappa shape index (κ3) is 2.19. The molecule has 2 atom stereocenters. The van der Waals surface area contributed by atoms with Crippen LogP contribution < -0.4 is 15.2 Å². The van der Waals surface area contributed by atoms with Gasteiger partial charge in [-0.2, -0.15) is 0 Å². The lowest BCUT2D eigenvalue weighted by atomic mass is 9.89. The zero-order valence-corrected chi connectivity index (χ0v) is 10.7. The van der Waals surface area contributed by atoms with Gasteiger partial charge in [0.1, 0.15) is 0 Å². The van der Waals surface area contributed by atoms with Crippen molar-refractivity contribution in [3.63, 3.8) is 0 Å². The van der Waals surface area contributed by atoms with E-state index in [1.165, 1.54) is 24.8 Å². The normalized spacial score (nSPS) is 26.9. The second-order valence-corrected chi connectivity index (χ2v) is 5.29. The average Bonchev–Trinajstić information content (AvgIpc) is 2.76. The summed E-state index contributed by atoms with van der Waals surface area (Å²) in [4.78, 5) is 0. The van der Waals surface area contributed by atoms with E-state index in [0.29, 0.717) is 11.8 Å². The number of hydrogen-bond acceptors (Lipinski definition) is 3. The molecule has 0 saturated heterocycles. The standard InChI is InChI=1S/C15H21NO2/c16-10-12-3-1-4-13(12)11-5-6-14-15(9-11)18-8-2-7-17-14/h5-6,9,12-13H,1-4,7-8,10,16H2. The molecule has 1 aromatic carbocycles. The number of ether oxygens (including phenoxy) is 2. The van der Waals surface area contributed by atoms with E-state index in [2.05, 4.69) is 18.2 Å². The van der Waals surface area contributed by atoms with Gasteiger partial charge in [-0.1, -0.05) is 12.5 Å². The maximum absolute atomic E-state index is 5.87. The minimum atomic E-state index is 0.604. The molecule has 1 fully saturated rings. The highest BCUT2D eigenvalue weighted by molar-refractivity contribution is 5.44. The molecule has 0 radical (unpaired) electrons. The van der Waals surface area contributed by atoms with E-state index in [1.54, 1.807) is 0 Å². The van der Waals surface area contributed by atoms with Crippen LogP contribution in [0.2, 0.25) is 0 Å². The van der Waals surface area contributed by atoms with E-state index in [4.69, 9.17) is 15.2 Å². The first-order valence-corrected chi connectivity index (χ1v) is 6.98. The summed E-state index contributed by atoms with van der Waals surface area (Å²) in [6.45, 7) is 2.29. The summed E-state index contributed by atoms with van der Waals surface area (Å²) >= 11 is 0. The Kier molecular flexibility index (Phi) is 3.41. The van der Waals surface area contributed by atoms with Crippen LogP contribution in [-0.4, -0.2) is 19.8 Å². The van der Waals surface area contributed by atoms with Gasteiger partial charge < -0.3 is 15.2 Å². The predicted molar refractivity (Wildman–Crippen MR) is 71.2 cm³/mol. The lowest BCUT2D eigenvalue weighted by Gasteiger charge is -2.19. The molecule has 1 aromatic rings. The summed E-state index contributed by atoms with van der Waals surface area (Å²) in [7, 11) is 0. The van der Waals surface area contributed by atoms with Gasteiger partial charge in [0.05, 0.1) is 13.2 Å². The molecule has 2 aliphatic rings. The molecule has 3 heteroatoms. The molecule has 3 rings (SSSR count). The van der Waals surface area contributed by atoms with Crippen molar-refractivity contribution in [3.05, 3.63) is 23.8 Å². The highest BCUT2D eigenvalue weighted by atomic mass is 16.5. The van der Waals surface area contributed by atoms with Gasteiger partial charge in [0.25, 0.3) is 0 Å². The number of hydrogen-bond donors (Lipinski definition) is 1. The molecular formula is C15H21NO2. The van der Waals surface area contributed by atoms with E-state index in [0.717, 1.165) is 37.7 Å². The fraction of sp³-hybridized carbons (Fsp3) is 0.600. The molecule has 0 amide bonds. The van der Waals surface area contributed by atoms with Crippen LogP contribution in [0.1, 0.15) is 37.2 Å². The fourth-order valence-electron chi connectivity index (χ4n) is 3.17. The van der Waals surface area contributed by atoms with Gasteiger partial charge in [-0.25, -0.2) is 0 Å². The van der Waals surface area contributed by atoms with Gasteiger partial charge in [0, 0.05) is 6.42 Å². The monoisotopic (exact) mass is 247 g/mol. The molecule has 0 aromatic heterocycles. The summed E-state index contributed by atoms with van der Waals surface area (Å²) in [5, 5.41) is 0. The molecule has 98 valence electrons. The van der Waals surface area contributed by atoms with Gasteiger partial charge in [0.15, 0.2) is 11.5 Å². The number of benzene rings is 1. The summed E-state index contributed by atoms with van der Waals surface area (Å²) in [6.07, 6.45) is 4.76. The SMILES string of the molecule is NCC1CCCC1c1ccc2c(c1)OCCCO2. The van der Waals surface area contributed by atoms with Crippen molar-refractivity contribution in [2.24, 2.45) is 11.7 Å². The molecule has 1 aliphatic heterocycles. The van der Waals surface area contributed by atoms with Crippen LogP contribution in [0.25, 0.3) is 0 Å². The van der Waals surface area contributed by atoms with Crippen LogP contribution in [0, 0.1) is 5.92 Å². The van der Waals surface area contributed by atoms with Gasteiger partial charge in [-0.05, 0) is 48.9 Å². The third-order valence-corrected chi connectivity index (χ3v) is 4.16. The Hall–Kier alpha value is -1.22. The Morgan fingerprint density at radius 2 is 1.89 bits per heavy atom. The topological polar surface area (TPSA) is 44.5 Å². The van der Waals surface area contributed by atoms with E-state index < -0.39 is 0 Å². The summed E-state index contributed by atoms with van der Waals surface area (Å²) in [5.41, 5.74) is 7.24. The average molecular weight is 247 g/mol. The highest BCUT2D eigenvalue weighted by Crippen LogP contribution is 2.42. The van der Waals surface area contributed by atoms with E-state index in [-0.39, 0.29) is 0 Å². The lowest BCUT2D eigenvalue weighted by molar-refractivity contribution is 0.297. The molecular weight excluding hydrogens is 226 g/mol. The summed E-state index contributed by atoms with van der Waals surface area (Å²) in [5.74, 6) is 3.04. The largest absolute Gasteiger partial charge is 0.490 e.